The summed E-state index contributed by atoms with van der Waals surface area (Å²) in [7, 11) is -2.70. The summed E-state index contributed by atoms with van der Waals surface area (Å²) in [6.07, 6.45) is 0. The van der Waals surface area contributed by atoms with Crippen molar-refractivity contribution in [1.29, 1.82) is 0 Å². The lowest BCUT2D eigenvalue weighted by Crippen LogP contribution is -2.14. The Morgan fingerprint density at radius 1 is 1.16 bits per heavy atom. The molecule has 2 aromatic rings. The zero-order chi connectivity index (χ0) is 13.8. The Hall–Kier alpha value is -1.74. The van der Waals surface area contributed by atoms with Gasteiger partial charge < -0.3 is 10.2 Å². The Balaban J connectivity index is 2.20. The Bertz CT molecular complexity index is 645. The first-order valence-corrected chi connectivity index (χ1v) is 6.93. The molecule has 0 saturated carbocycles. The summed E-state index contributed by atoms with van der Waals surface area (Å²) in [6.45, 7) is 0. The fourth-order valence-corrected chi connectivity index (χ4v) is 2.17. The highest BCUT2D eigenvalue weighted by atomic mass is 35.5. The van der Waals surface area contributed by atoms with E-state index in [1.807, 2.05) is 0 Å². The van der Waals surface area contributed by atoms with Crippen molar-refractivity contribution in [3.63, 3.8) is 0 Å². The monoisotopic (exact) mass is 293 g/mol. The van der Waals surface area contributed by atoms with E-state index in [2.05, 4.69) is 5.32 Å². The quantitative estimate of drug-likeness (QED) is 0.883. The summed E-state index contributed by atoms with van der Waals surface area (Å²) in [4.78, 5) is 22.8. The lowest BCUT2D eigenvalue weighted by atomic mass is 10.2. The van der Waals surface area contributed by atoms with Gasteiger partial charge in [-0.1, -0.05) is 28.3 Å². The molecule has 4 nitrogen and oxygen atoms in total. The summed E-state index contributed by atoms with van der Waals surface area (Å²) in [5, 5.41) is 3.26. The molecule has 19 heavy (non-hydrogen) atoms. The van der Waals surface area contributed by atoms with Crippen LogP contribution < -0.4 is 15.5 Å². The van der Waals surface area contributed by atoms with Gasteiger partial charge in [-0.25, -0.2) is 0 Å². The van der Waals surface area contributed by atoms with E-state index < -0.39 is 8.03 Å². The number of halogens is 1. The normalized spacial score (nSPS) is 10.9. The Kier molecular flexibility index (Phi) is 4.27. The number of carbonyl (C=O) groups excluding carboxylic acids is 1. The molecule has 0 fully saturated rings. The van der Waals surface area contributed by atoms with Crippen molar-refractivity contribution >= 4 is 36.5 Å². The molecule has 0 radical (unpaired) electrons. The van der Waals surface area contributed by atoms with E-state index in [0.717, 1.165) is 0 Å². The van der Waals surface area contributed by atoms with Crippen molar-refractivity contribution in [3.8, 4) is 0 Å². The fraction of sp³-hybridized carbons (Fsp3) is 0. The molecule has 1 amide bonds. The molecule has 0 aromatic heterocycles. The predicted octanol–water partition coefficient (Wildman–Crippen LogP) is 2.32. The van der Waals surface area contributed by atoms with Crippen LogP contribution in [0.15, 0.2) is 48.5 Å². The summed E-state index contributed by atoms with van der Waals surface area (Å²) in [5.41, 5.74) is 0.825. The van der Waals surface area contributed by atoms with Gasteiger partial charge in [-0.3, -0.25) is 4.79 Å². The van der Waals surface area contributed by atoms with Gasteiger partial charge in [0.25, 0.3) is 5.91 Å². The van der Waals surface area contributed by atoms with Crippen LogP contribution >= 0.6 is 19.6 Å². The zero-order valence-electron chi connectivity index (χ0n) is 9.67. The number of amides is 1. The van der Waals surface area contributed by atoms with Crippen LogP contribution in [0.1, 0.15) is 10.4 Å². The molecule has 0 bridgehead atoms. The highest BCUT2D eigenvalue weighted by Gasteiger charge is 2.12. The van der Waals surface area contributed by atoms with Crippen molar-refractivity contribution in [1.82, 2.24) is 0 Å². The van der Waals surface area contributed by atoms with E-state index in [4.69, 9.17) is 11.6 Å². The molecule has 1 atom stereocenters. The third-order valence-corrected chi connectivity index (χ3v) is 3.34. The van der Waals surface area contributed by atoms with Crippen molar-refractivity contribution < 1.29 is 14.3 Å². The second-order valence-corrected chi connectivity index (χ2v) is 5.24. The second-order valence-electron chi connectivity index (χ2n) is 3.77. The minimum Gasteiger partial charge on any atom is -0.591 e. The maximum absolute atomic E-state index is 11.9. The molecule has 2 aromatic carbocycles. The number of rotatable bonds is 3. The van der Waals surface area contributed by atoms with Gasteiger partial charge in [-0.05, 0) is 30.3 Å². The van der Waals surface area contributed by atoms with Crippen LogP contribution in [-0.2, 0) is 4.57 Å². The first kappa shape index (κ1) is 13.7. The molecule has 6 heteroatoms. The van der Waals surface area contributed by atoms with Crippen LogP contribution in [-0.4, -0.2) is 5.91 Å². The molecule has 0 aliphatic heterocycles. The Morgan fingerprint density at radius 2 is 1.89 bits per heavy atom. The van der Waals surface area contributed by atoms with Crippen molar-refractivity contribution in [2.45, 2.75) is 0 Å². The van der Waals surface area contributed by atoms with Gasteiger partial charge in [-0.2, -0.15) is 0 Å². The first-order chi connectivity index (χ1) is 9.06. The smallest absolute Gasteiger partial charge is 0.348 e. The average Bonchev–Trinajstić information content (AvgIpc) is 2.39. The molecule has 2 rings (SSSR count). The van der Waals surface area contributed by atoms with Crippen molar-refractivity contribution in [2.24, 2.45) is 0 Å². The summed E-state index contributed by atoms with van der Waals surface area (Å²) >= 11 is 5.81. The molecule has 1 N–H and O–H groups in total. The summed E-state index contributed by atoms with van der Waals surface area (Å²) < 4.78 is 10.9. The van der Waals surface area contributed by atoms with Crippen LogP contribution in [0.4, 0.5) is 5.69 Å². The topological polar surface area (TPSA) is 69.2 Å². The van der Waals surface area contributed by atoms with Crippen LogP contribution in [0.3, 0.4) is 0 Å². The average molecular weight is 294 g/mol. The molecular formula is C13H9ClNO3P. The minimum atomic E-state index is -2.70. The standard InChI is InChI=1S/C13H9ClNO3P/c14-10-4-2-5-11(8-10)15-13(16)9-3-1-6-12(7-9)19(17)18/h1-8H,(H,15,16). The molecule has 0 aliphatic carbocycles. The maximum Gasteiger partial charge on any atom is 0.348 e. The lowest BCUT2D eigenvalue weighted by Gasteiger charge is -2.05. The fourth-order valence-electron chi connectivity index (χ4n) is 1.53. The molecule has 1 unspecified atom stereocenters. The van der Waals surface area contributed by atoms with Crippen LogP contribution in [0.5, 0.6) is 0 Å². The summed E-state index contributed by atoms with van der Waals surface area (Å²) in [6, 6.07) is 12.5. The van der Waals surface area contributed by atoms with Crippen molar-refractivity contribution in [2.75, 3.05) is 5.32 Å². The zero-order valence-corrected chi connectivity index (χ0v) is 11.3. The third kappa shape index (κ3) is 3.61. The van der Waals surface area contributed by atoms with Gasteiger partial charge in [0.05, 0.1) is 0 Å². The minimum absolute atomic E-state index is 0.105. The number of hydrogen-bond donors (Lipinski definition) is 1. The van der Waals surface area contributed by atoms with Crippen LogP contribution in [0.2, 0.25) is 5.02 Å². The van der Waals surface area contributed by atoms with Crippen LogP contribution in [0, 0.1) is 0 Å². The highest BCUT2D eigenvalue weighted by molar-refractivity contribution is 7.45. The van der Waals surface area contributed by atoms with Gasteiger partial charge in [0.15, 0.2) is 5.30 Å². The van der Waals surface area contributed by atoms with Gasteiger partial charge in [0.1, 0.15) is 0 Å². The number of nitrogens with one attached hydrogen (secondary N) is 1. The third-order valence-electron chi connectivity index (χ3n) is 2.40. The summed E-state index contributed by atoms with van der Waals surface area (Å²) in [5.74, 6) is -0.388. The molecule has 96 valence electrons. The van der Waals surface area contributed by atoms with E-state index in [9.17, 15) is 14.3 Å². The largest absolute Gasteiger partial charge is 0.591 e. The Morgan fingerprint density at radius 3 is 2.58 bits per heavy atom. The van der Waals surface area contributed by atoms with Gasteiger partial charge >= 0.3 is 8.03 Å². The van der Waals surface area contributed by atoms with E-state index >= 15 is 0 Å². The number of benzene rings is 2. The van der Waals surface area contributed by atoms with E-state index in [-0.39, 0.29) is 16.8 Å². The number of anilines is 1. The van der Waals surface area contributed by atoms with Gasteiger partial charge in [0.2, 0.25) is 0 Å². The highest BCUT2D eigenvalue weighted by Crippen LogP contribution is 2.16. The van der Waals surface area contributed by atoms with E-state index in [1.54, 1.807) is 30.3 Å². The molecule has 0 saturated heterocycles. The molecule has 0 spiro atoms. The molecule has 0 aliphatic rings. The van der Waals surface area contributed by atoms with Gasteiger partial charge in [0, 0.05) is 22.3 Å². The molecule has 0 heterocycles. The number of hydrogen-bond acceptors (Lipinski definition) is 3. The number of carbonyl (C=O) groups is 1. The second kappa shape index (κ2) is 5.93. The Labute approximate surface area is 115 Å². The first-order valence-electron chi connectivity index (χ1n) is 5.37. The van der Waals surface area contributed by atoms with E-state index in [1.165, 1.54) is 18.2 Å². The maximum atomic E-state index is 11.9. The van der Waals surface area contributed by atoms with Crippen molar-refractivity contribution in [3.05, 3.63) is 59.1 Å². The van der Waals surface area contributed by atoms with Crippen LogP contribution in [0.25, 0.3) is 0 Å². The lowest BCUT2D eigenvalue weighted by molar-refractivity contribution is -0.160. The van der Waals surface area contributed by atoms with E-state index in [0.29, 0.717) is 10.7 Å². The van der Waals surface area contributed by atoms with Gasteiger partial charge in [-0.15, -0.1) is 0 Å². The molecular weight excluding hydrogens is 285 g/mol. The predicted molar refractivity (Wildman–Crippen MR) is 73.1 cm³/mol. The SMILES string of the molecule is O=C(Nc1cccc(Cl)c1)c1cccc([P+](=O)[O-])c1.